The van der Waals surface area contributed by atoms with Crippen molar-refractivity contribution in [2.45, 2.75) is 6.92 Å². The van der Waals surface area contributed by atoms with Gasteiger partial charge < -0.3 is 15.3 Å². The average molecular weight is 174 g/mol. The molecule has 0 aliphatic carbocycles. The highest BCUT2D eigenvalue weighted by molar-refractivity contribution is 5.78. The Hall–Kier alpha value is -0.610. The van der Waals surface area contributed by atoms with Crippen LogP contribution in [0, 0.1) is 5.92 Å². The molecule has 0 aliphatic heterocycles. The molecule has 1 atom stereocenters. The maximum Gasteiger partial charge on any atom is 0.226 e. The molecule has 0 heterocycles. The molecule has 0 radical (unpaired) electrons. The molecule has 12 heavy (non-hydrogen) atoms. The Morgan fingerprint density at radius 3 is 2.67 bits per heavy atom. The third-order valence-electron chi connectivity index (χ3n) is 1.74. The van der Waals surface area contributed by atoms with E-state index in [0.29, 0.717) is 13.1 Å². The zero-order valence-electron chi connectivity index (χ0n) is 8.00. The van der Waals surface area contributed by atoms with Crippen LogP contribution >= 0.6 is 0 Å². The molecule has 0 aliphatic rings. The van der Waals surface area contributed by atoms with Crippen LogP contribution in [0.4, 0.5) is 0 Å². The van der Waals surface area contributed by atoms with Crippen LogP contribution in [0.15, 0.2) is 0 Å². The summed E-state index contributed by atoms with van der Waals surface area (Å²) in [6, 6.07) is 0. The molecular weight excluding hydrogens is 156 g/mol. The second-order valence-corrected chi connectivity index (χ2v) is 2.94. The summed E-state index contributed by atoms with van der Waals surface area (Å²) >= 11 is 0. The fourth-order valence-corrected chi connectivity index (χ4v) is 1.03. The summed E-state index contributed by atoms with van der Waals surface area (Å²) in [7, 11) is 3.51. The molecule has 0 bridgehead atoms. The van der Waals surface area contributed by atoms with Gasteiger partial charge in [0.1, 0.15) is 0 Å². The number of hydrogen-bond acceptors (Lipinski definition) is 3. The third kappa shape index (κ3) is 3.69. The number of amides is 1. The lowest BCUT2D eigenvalue weighted by molar-refractivity contribution is -0.133. The van der Waals surface area contributed by atoms with Gasteiger partial charge in [-0.15, -0.1) is 0 Å². The lowest BCUT2D eigenvalue weighted by atomic mass is 10.1. The van der Waals surface area contributed by atoms with E-state index in [-0.39, 0.29) is 18.4 Å². The van der Waals surface area contributed by atoms with Crippen molar-refractivity contribution in [1.29, 1.82) is 0 Å². The quantitative estimate of drug-likeness (QED) is 0.579. The normalized spacial score (nSPS) is 12.7. The van der Waals surface area contributed by atoms with Gasteiger partial charge in [-0.2, -0.15) is 0 Å². The minimum absolute atomic E-state index is 0.0217. The van der Waals surface area contributed by atoms with Crippen molar-refractivity contribution in [1.82, 2.24) is 10.2 Å². The van der Waals surface area contributed by atoms with Gasteiger partial charge in [0.25, 0.3) is 0 Å². The summed E-state index contributed by atoms with van der Waals surface area (Å²) < 4.78 is 0. The van der Waals surface area contributed by atoms with Crippen LogP contribution in [0.2, 0.25) is 0 Å². The first kappa shape index (κ1) is 11.4. The van der Waals surface area contributed by atoms with Crippen LogP contribution in [0.1, 0.15) is 6.92 Å². The number of likely N-dealkylation sites (N-methyl/N-ethyl adjacent to an activating group) is 1. The maximum absolute atomic E-state index is 11.4. The van der Waals surface area contributed by atoms with Crippen LogP contribution < -0.4 is 5.32 Å². The maximum atomic E-state index is 11.4. The standard InChI is InChI=1S/C8H18N2O2/c1-7(6-9-2)8(12)10(3)4-5-11/h7,9,11H,4-6H2,1-3H3. The van der Waals surface area contributed by atoms with Crippen LogP contribution in [-0.2, 0) is 4.79 Å². The Morgan fingerprint density at radius 2 is 2.25 bits per heavy atom. The molecule has 4 heteroatoms. The molecule has 0 spiro atoms. The molecule has 72 valence electrons. The number of aliphatic hydroxyl groups excluding tert-OH is 1. The van der Waals surface area contributed by atoms with Crippen molar-refractivity contribution >= 4 is 5.91 Å². The average Bonchev–Trinajstić information content (AvgIpc) is 2.04. The predicted octanol–water partition coefficient (Wildman–Crippen LogP) is -0.707. The first-order valence-electron chi connectivity index (χ1n) is 4.14. The molecule has 0 saturated heterocycles. The summed E-state index contributed by atoms with van der Waals surface area (Å²) in [5.74, 6) is 0.0463. The smallest absolute Gasteiger partial charge is 0.226 e. The van der Waals surface area contributed by atoms with Crippen LogP contribution in [-0.4, -0.2) is 49.7 Å². The van der Waals surface area contributed by atoms with Gasteiger partial charge in [-0.3, -0.25) is 4.79 Å². The first-order chi connectivity index (χ1) is 5.63. The van der Waals surface area contributed by atoms with Gasteiger partial charge in [0.05, 0.1) is 6.61 Å². The van der Waals surface area contributed by atoms with Crippen molar-refractivity contribution in [3.8, 4) is 0 Å². The molecule has 2 N–H and O–H groups in total. The molecule has 4 nitrogen and oxygen atoms in total. The van der Waals surface area contributed by atoms with Gasteiger partial charge in [0.2, 0.25) is 5.91 Å². The number of carbonyl (C=O) groups excluding carboxylic acids is 1. The Kier molecular flexibility index (Phi) is 5.66. The Balaban J connectivity index is 3.82. The topological polar surface area (TPSA) is 52.6 Å². The molecule has 0 aromatic heterocycles. The van der Waals surface area contributed by atoms with Gasteiger partial charge >= 0.3 is 0 Å². The Bertz CT molecular complexity index is 125. The van der Waals surface area contributed by atoms with Crippen molar-refractivity contribution in [3.63, 3.8) is 0 Å². The van der Waals surface area contributed by atoms with Crippen LogP contribution in [0.5, 0.6) is 0 Å². The number of rotatable bonds is 5. The summed E-state index contributed by atoms with van der Waals surface area (Å²) in [5, 5.41) is 11.5. The zero-order chi connectivity index (χ0) is 9.56. The van der Waals surface area contributed by atoms with E-state index in [1.165, 1.54) is 0 Å². The Labute approximate surface area is 73.6 Å². The fourth-order valence-electron chi connectivity index (χ4n) is 1.03. The highest BCUT2D eigenvalue weighted by Crippen LogP contribution is 1.98. The third-order valence-corrected chi connectivity index (χ3v) is 1.74. The number of nitrogens with one attached hydrogen (secondary N) is 1. The number of hydrogen-bond donors (Lipinski definition) is 2. The van der Waals surface area contributed by atoms with E-state index in [1.54, 1.807) is 11.9 Å². The minimum atomic E-state index is -0.0217. The SMILES string of the molecule is CNCC(C)C(=O)N(C)CCO. The highest BCUT2D eigenvalue weighted by atomic mass is 16.3. The summed E-state index contributed by atoms with van der Waals surface area (Å²) in [4.78, 5) is 12.9. The lowest BCUT2D eigenvalue weighted by Gasteiger charge is -2.19. The van der Waals surface area contributed by atoms with Crippen molar-refractivity contribution in [2.24, 2.45) is 5.92 Å². The monoisotopic (exact) mass is 174 g/mol. The second kappa shape index (κ2) is 5.97. The van der Waals surface area contributed by atoms with Gasteiger partial charge in [0, 0.05) is 26.1 Å². The summed E-state index contributed by atoms with van der Waals surface area (Å²) in [6.07, 6.45) is 0. The highest BCUT2D eigenvalue weighted by Gasteiger charge is 2.15. The van der Waals surface area contributed by atoms with Crippen molar-refractivity contribution in [3.05, 3.63) is 0 Å². The number of carbonyl (C=O) groups is 1. The molecule has 1 unspecified atom stereocenters. The molecule has 0 saturated carbocycles. The lowest BCUT2D eigenvalue weighted by Crippen LogP contribution is -2.37. The van der Waals surface area contributed by atoms with E-state index >= 15 is 0 Å². The minimum Gasteiger partial charge on any atom is -0.395 e. The second-order valence-electron chi connectivity index (χ2n) is 2.94. The van der Waals surface area contributed by atoms with Gasteiger partial charge in [-0.1, -0.05) is 6.92 Å². The van der Waals surface area contributed by atoms with Crippen molar-refractivity contribution < 1.29 is 9.90 Å². The van der Waals surface area contributed by atoms with Crippen LogP contribution in [0.25, 0.3) is 0 Å². The molecule has 0 rings (SSSR count). The number of aliphatic hydroxyl groups is 1. The molecular formula is C8H18N2O2. The van der Waals surface area contributed by atoms with E-state index in [0.717, 1.165) is 0 Å². The molecule has 1 amide bonds. The van der Waals surface area contributed by atoms with E-state index in [9.17, 15) is 4.79 Å². The van der Waals surface area contributed by atoms with E-state index in [2.05, 4.69) is 5.32 Å². The summed E-state index contributed by atoms with van der Waals surface area (Å²) in [6.45, 7) is 2.97. The van der Waals surface area contributed by atoms with E-state index < -0.39 is 0 Å². The van der Waals surface area contributed by atoms with Gasteiger partial charge in [0.15, 0.2) is 0 Å². The Morgan fingerprint density at radius 1 is 1.67 bits per heavy atom. The number of nitrogens with zero attached hydrogens (tertiary/aromatic N) is 1. The van der Waals surface area contributed by atoms with E-state index in [4.69, 9.17) is 5.11 Å². The van der Waals surface area contributed by atoms with E-state index in [1.807, 2.05) is 14.0 Å². The van der Waals surface area contributed by atoms with Gasteiger partial charge in [-0.25, -0.2) is 0 Å². The fraction of sp³-hybridized carbons (Fsp3) is 0.875. The van der Waals surface area contributed by atoms with Gasteiger partial charge in [-0.05, 0) is 7.05 Å². The largest absolute Gasteiger partial charge is 0.395 e. The molecule has 0 aromatic carbocycles. The molecule has 0 fully saturated rings. The predicted molar refractivity (Wildman–Crippen MR) is 47.8 cm³/mol. The van der Waals surface area contributed by atoms with Crippen molar-refractivity contribution in [2.75, 3.05) is 33.8 Å². The van der Waals surface area contributed by atoms with Crippen LogP contribution in [0.3, 0.4) is 0 Å². The summed E-state index contributed by atoms with van der Waals surface area (Å²) in [5.41, 5.74) is 0. The molecule has 0 aromatic rings. The first-order valence-corrected chi connectivity index (χ1v) is 4.14. The zero-order valence-corrected chi connectivity index (χ0v) is 8.00.